The maximum atomic E-state index is 12.1. The molecule has 0 saturated heterocycles. The van der Waals surface area contributed by atoms with Gasteiger partial charge in [-0.3, -0.25) is 19.7 Å². The van der Waals surface area contributed by atoms with Gasteiger partial charge in [0.15, 0.2) is 6.61 Å². The lowest BCUT2D eigenvalue weighted by Gasteiger charge is -2.17. The molecule has 0 aliphatic carbocycles. The molecular weight excluding hydrogens is 338 g/mol. The van der Waals surface area contributed by atoms with Crippen LogP contribution in [-0.2, 0) is 9.59 Å². The van der Waals surface area contributed by atoms with Gasteiger partial charge in [0.2, 0.25) is 5.91 Å². The second-order valence-corrected chi connectivity index (χ2v) is 5.71. The standard InChI is InChI=1S/C18H19N3O5/c1-13-6-8-14(9-7-13)19-17(22)11-20(2)18(23)12-26-16-5-3-4-15(10-16)21(24)25/h3-10H,11-12H2,1-2H3,(H,19,22). The van der Waals surface area contributed by atoms with Crippen LogP contribution >= 0.6 is 0 Å². The van der Waals surface area contributed by atoms with Gasteiger partial charge < -0.3 is 15.0 Å². The molecule has 2 amide bonds. The first-order valence-corrected chi connectivity index (χ1v) is 7.83. The average molecular weight is 357 g/mol. The van der Waals surface area contributed by atoms with Crippen LogP contribution < -0.4 is 10.1 Å². The number of likely N-dealkylation sites (N-methyl/N-ethyl adjacent to an activating group) is 1. The molecule has 26 heavy (non-hydrogen) atoms. The van der Waals surface area contributed by atoms with Crippen LogP contribution in [0, 0.1) is 17.0 Å². The quantitative estimate of drug-likeness (QED) is 0.605. The largest absolute Gasteiger partial charge is 0.484 e. The molecule has 8 heteroatoms. The first-order valence-electron chi connectivity index (χ1n) is 7.83. The van der Waals surface area contributed by atoms with E-state index in [2.05, 4.69) is 5.32 Å². The van der Waals surface area contributed by atoms with Crippen molar-refractivity contribution in [2.24, 2.45) is 0 Å². The van der Waals surface area contributed by atoms with Crippen molar-refractivity contribution in [3.8, 4) is 5.75 Å². The number of hydrogen-bond donors (Lipinski definition) is 1. The van der Waals surface area contributed by atoms with Crippen molar-refractivity contribution in [1.29, 1.82) is 0 Å². The van der Waals surface area contributed by atoms with E-state index in [1.807, 2.05) is 19.1 Å². The summed E-state index contributed by atoms with van der Waals surface area (Å²) in [7, 11) is 1.48. The number of hydrogen-bond acceptors (Lipinski definition) is 5. The number of amides is 2. The predicted molar refractivity (Wildman–Crippen MR) is 96.0 cm³/mol. The molecule has 0 saturated carbocycles. The Morgan fingerprint density at radius 1 is 1.19 bits per heavy atom. The third-order valence-electron chi connectivity index (χ3n) is 3.53. The second kappa shape index (κ2) is 8.61. The van der Waals surface area contributed by atoms with Crippen LogP contribution in [0.15, 0.2) is 48.5 Å². The highest BCUT2D eigenvalue weighted by molar-refractivity contribution is 5.94. The Balaban J connectivity index is 1.83. The molecule has 2 aromatic carbocycles. The fourth-order valence-corrected chi connectivity index (χ4v) is 2.08. The van der Waals surface area contributed by atoms with E-state index >= 15 is 0 Å². The zero-order valence-corrected chi connectivity index (χ0v) is 14.5. The number of aryl methyl sites for hydroxylation is 1. The number of rotatable bonds is 7. The SMILES string of the molecule is Cc1ccc(NC(=O)CN(C)C(=O)COc2cccc([N+](=O)[O-])c2)cc1. The summed E-state index contributed by atoms with van der Waals surface area (Å²) in [5.74, 6) is -0.541. The molecule has 0 bridgehead atoms. The number of carbonyl (C=O) groups is 2. The normalized spacial score (nSPS) is 10.1. The summed E-state index contributed by atoms with van der Waals surface area (Å²) in [4.78, 5) is 35.4. The Labute approximate surface area is 150 Å². The summed E-state index contributed by atoms with van der Waals surface area (Å²) in [6, 6.07) is 12.9. The molecule has 0 unspecified atom stereocenters. The molecule has 2 rings (SSSR count). The molecule has 0 aliphatic rings. The Hall–Kier alpha value is -3.42. The average Bonchev–Trinajstić information content (AvgIpc) is 2.61. The van der Waals surface area contributed by atoms with E-state index in [1.54, 1.807) is 12.1 Å². The second-order valence-electron chi connectivity index (χ2n) is 5.71. The van der Waals surface area contributed by atoms with Crippen molar-refractivity contribution in [3.05, 3.63) is 64.2 Å². The summed E-state index contributed by atoms with van der Waals surface area (Å²) in [5, 5.41) is 13.4. The van der Waals surface area contributed by atoms with Crippen LogP contribution in [0.2, 0.25) is 0 Å². The number of nitrogens with zero attached hydrogens (tertiary/aromatic N) is 2. The minimum Gasteiger partial charge on any atom is -0.484 e. The van der Waals surface area contributed by atoms with Gasteiger partial charge in [0.25, 0.3) is 11.6 Å². The Kier molecular flexibility index (Phi) is 6.26. The number of nitro benzene ring substituents is 1. The summed E-state index contributed by atoms with van der Waals surface area (Å²) in [5.41, 5.74) is 1.60. The van der Waals surface area contributed by atoms with Crippen molar-refractivity contribution in [3.63, 3.8) is 0 Å². The molecular formula is C18H19N3O5. The maximum absolute atomic E-state index is 12.1. The van der Waals surface area contributed by atoms with Crippen molar-refractivity contribution in [2.45, 2.75) is 6.92 Å². The molecule has 0 fully saturated rings. The zero-order chi connectivity index (χ0) is 19.1. The summed E-state index contributed by atoms with van der Waals surface area (Å²) in [6.07, 6.45) is 0. The molecule has 1 N–H and O–H groups in total. The highest BCUT2D eigenvalue weighted by atomic mass is 16.6. The lowest BCUT2D eigenvalue weighted by atomic mass is 10.2. The lowest BCUT2D eigenvalue weighted by Crippen LogP contribution is -2.37. The lowest BCUT2D eigenvalue weighted by molar-refractivity contribution is -0.384. The van der Waals surface area contributed by atoms with Gasteiger partial charge in [-0.2, -0.15) is 0 Å². The molecule has 136 valence electrons. The fraction of sp³-hybridized carbons (Fsp3) is 0.222. The summed E-state index contributed by atoms with van der Waals surface area (Å²) < 4.78 is 5.27. The van der Waals surface area contributed by atoms with Crippen LogP contribution in [0.4, 0.5) is 11.4 Å². The predicted octanol–water partition coefficient (Wildman–Crippen LogP) is 2.38. The molecule has 8 nitrogen and oxygen atoms in total. The van der Waals surface area contributed by atoms with Gasteiger partial charge in [-0.15, -0.1) is 0 Å². The van der Waals surface area contributed by atoms with E-state index in [4.69, 9.17) is 4.74 Å². The van der Waals surface area contributed by atoms with Gasteiger partial charge in [-0.1, -0.05) is 23.8 Å². The van der Waals surface area contributed by atoms with Gasteiger partial charge in [0.1, 0.15) is 5.75 Å². The maximum Gasteiger partial charge on any atom is 0.273 e. The minimum absolute atomic E-state index is 0.124. The Morgan fingerprint density at radius 3 is 2.54 bits per heavy atom. The van der Waals surface area contributed by atoms with Crippen molar-refractivity contribution in [1.82, 2.24) is 4.90 Å². The number of ether oxygens (including phenoxy) is 1. The van der Waals surface area contributed by atoms with Gasteiger partial charge in [-0.25, -0.2) is 0 Å². The summed E-state index contributed by atoms with van der Waals surface area (Å²) >= 11 is 0. The highest BCUT2D eigenvalue weighted by Crippen LogP contribution is 2.19. The fourth-order valence-electron chi connectivity index (χ4n) is 2.08. The number of nitro groups is 1. The molecule has 0 heterocycles. The van der Waals surface area contributed by atoms with Crippen LogP contribution in [0.1, 0.15) is 5.56 Å². The molecule has 0 aromatic heterocycles. The molecule has 0 spiro atoms. The third-order valence-corrected chi connectivity index (χ3v) is 3.53. The van der Waals surface area contributed by atoms with E-state index in [-0.39, 0.29) is 30.5 Å². The highest BCUT2D eigenvalue weighted by Gasteiger charge is 2.14. The van der Waals surface area contributed by atoms with E-state index in [1.165, 1.54) is 36.2 Å². The Bertz CT molecular complexity index is 805. The molecule has 0 atom stereocenters. The summed E-state index contributed by atoms with van der Waals surface area (Å²) in [6.45, 7) is 1.49. The van der Waals surface area contributed by atoms with Crippen LogP contribution in [0.25, 0.3) is 0 Å². The van der Waals surface area contributed by atoms with Crippen molar-refractivity contribution in [2.75, 3.05) is 25.5 Å². The number of anilines is 1. The number of nitrogens with one attached hydrogen (secondary N) is 1. The van der Waals surface area contributed by atoms with Crippen molar-refractivity contribution >= 4 is 23.2 Å². The third kappa shape index (κ3) is 5.59. The first kappa shape index (κ1) is 18.9. The van der Waals surface area contributed by atoms with Gasteiger partial charge in [0.05, 0.1) is 17.5 Å². The van der Waals surface area contributed by atoms with Crippen LogP contribution in [0.5, 0.6) is 5.75 Å². The zero-order valence-electron chi connectivity index (χ0n) is 14.5. The van der Waals surface area contributed by atoms with Gasteiger partial charge in [0, 0.05) is 18.8 Å². The first-order chi connectivity index (χ1) is 12.3. The topological polar surface area (TPSA) is 102 Å². The number of carbonyl (C=O) groups excluding carboxylic acids is 2. The molecule has 0 radical (unpaired) electrons. The smallest absolute Gasteiger partial charge is 0.273 e. The minimum atomic E-state index is -0.545. The van der Waals surface area contributed by atoms with Crippen molar-refractivity contribution < 1.29 is 19.2 Å². The van der Waals surface area contributed by atoms with E-state index in [0.717, 1.165) is 5.56 Å². The molecule has 2 aromatic rings. The van der Waals surface area contributed by atoms with Crippen LogP contribution in [0.3, 0.4) is 0 Å². The van der Waals surface area contributed by atoms with E-state index in [0.29, 0.717) is 5.69 Å². The van der Waals surface area contributed by atoms with E-state index < -0.39 is 10.8 Å². The monoisotopic (exact) mass is 357 g/mol. The van der Waals surface area contributed by atoms with Crippen LogP contribution in [-0.4, -0.2) is 41.8 Å². The Morgan fingerprint density at radius 2 is 1.88 bits per heavy atom. The molecule has 0 aliphatic heterocycles. The number of non-ortho nitro benzene ring substituents is 1. The number of benzene rings is 2. The van der Waals surface area contributed by atoms with Gasteiger partial charge in [-0.05, 0) is 25.1 Å². The van der Waals surface area contributed by atoms with Gasteiger partial charge >= 0.3 is 0 Å². The van der Waals surface area contributed by atoms with E-state index in [9.17, 15) is 19.7 Å².